The summed E-state index contributed by atoms with van der Waals surface area (Å²) in [6.07, 6.45) is 10.2. The van der Waals surface area contributed by atoms with E-state index in [2.05, 4.69) is 24.8 Å². The van der Waals surface area contributed by atoms with Crippen molar-refractivity contribution in [2.45, 2.75) is 62.5 Å². The first-order valence-electron chi connectivity index (χ1n) is 10.4. The van der Waals surface area contributed by atoms with E-state index in [-0.39, 0.29) is 0 Å². The van der Waals surface area contributed by atoms with Crippen LogP contribution in [0, 0.1) is 29.3 Å². The van der Waals surface area contributed by atoms with E-state index in [4.69, 9.17) is 0 Å². The lowest BCUT2D eigenvalue weighted by Crippen LogP contribution is -2.25. The van der Waals surface area contributed by atoms with Crippen molar-refractivity contribution in [3.05, 3.63) is 59.4 Å². The van der Waals surface area contributed by atoms with Crippen LogP contribution in [0.1, 0.15) is 62.8 Å². The molecule has 4 rings (SSSR count). The van der Waals surface area contributed by atoms with Crippen LogP contribution in [0.15, 0.2) is 36.4 Å². The van der Waals surface area contributed by atoms with Crippen LogP contribution < -0.4 is 0 Å². The summed E-state index contributed by atoms with van der Waals surface area (Å²) in [5, 5.41) is 0.606. The van der Waals surface area contributed by atoms with Crippen LogP contribution in [0.4, 0.5) is 13.2 Å². The third kappa shape index (κ3) is 4.27. The fourth-order valence-corrected chi connectivity index (χ4v) is 5.47. The Balaban J connectivity index is 1.39. The van der Waals surface area contributed by atoms with Crippen LogP contribution in [0.2, 0.25) is 0 Å². The summed E-state index contributed by atoms with van der Waals surface area (Å²) in [7, 11) is 0. The molecule has 2 aliphatic carbocycles. The van der Waals surface area contributed by atoms with Crippen molar-refractivity contribution < 1.29 is 13.2 Å². The molecular formula is C24H27F3S. The molecule has 150 valence electrons. The standard InChI is InChI=1S/C24H27F3S/c25-22-13-20(14-23(26)24(22)27)19-7-5-16(6-8-19)15-1-3-17(4-2-15)18-9-11-21(28)12-10-18/h5-8,13-15,17-18,21,28H,1-4,9-12H2. The third-order valence-electron chi connectivity index (χ3n) is 6.88. The Morgan fingerprint density at radius 1 is 0.643 bits per heavy atom. The fourth-order valence-electron chi connectivity index (χ4n) is 5.17. The minimum absolute atomic E-state index is 0.367. The first kappa shape index (κ1) is 19.9. The molecule has 0 nitrogen and oxygen atoms in total. The first-order valence-corrected chi connectivity index (χ1v) is 11.0. The maximum Gasteiger partial charge on any atom is 0.194 e. The minimum atomic E-state index is -1.42. The summed E-state index contributed by atoms with van der Waals surface area (Å²) in [5.74, 6) is -1.40. The molecule has 2 fully saturated rings. The topological polar surface area (TPSA) is 0 Å². The summed E-state index contributed by atoms with van der Waals surface area (Å²) in [5.41, 5.74) is 2.37. The number of rotatable bonds is 3. The second-order valence-corrected chi connectivity index (χ2v) is 9.29. The molecule has 0 N–H and O–H groups in total. The van der Waals surface area contributed by atoms with Crippen molar-refractivity contribution >= 4 is 12.6 Å². The molecule has 0 aromatic heterocycles. The molecule has 0 radical (unpaired) electrons. The molecule has 0 amide bonds. The third-order valence-corrected chi connectivity index (χ3v) is 7.40. The highest BCUT2D eigenvalue weighted by atomic mass is 32.1. The Kier molecular flexibility index (Phi) is 6.05. The van der Waals surface area contributed by atoms with E-state index in [0.717, 1.165) is 24.0 Å². The molecule has 2 aromatic carbocycles. The monoisotopic (exact) mass is 404 g/mol. The molecule has 0 atom stereocenters. The lowest BCUT2D eigenvalue weighted by Gasteiger charge is -2.37. The van der Waals surface area contributed by atoms with E-state index < -0.39 is 17.5 Å². The molecule has 2 saturated carbocycles. The summed E-state index contributed by atoms with van der Waals surface area (Å²) in [6.45, 7) is 0. The van der Waals surface area contributed by atoms with Crippen LogP contribution in [0.25, 0.3) is 11.1 Å². The van der Waals surface area contributed by atoms with Crippen molar-refractivity contribution in [2.75, 3.05) is 0 Å². The Morgan fingerprint density at radius 3 is 1.68 bits per heavy atom. The number of benzene rings is 2. The molecule has 0 aliphatic heterocycles. The van der Waals surface area contributed by atoms with Gasteiger partial charge in [0.05, 0.1) is 0 Å². The molecule has 0 saturated heterocycles. The van der Waals surface area contributed by atoms with Crippen molar-refractivity contribution in [1.29, 1.82) is 0 Å². The molecule has 0 spiro atoms. The van der Waals surface area contributed by atoms with Gasteiger partial charge in [0.1, 0.15) is 0 Å². The normalized spacial score (nSPS) is 28.3. The summed E-state index contributed by atoms with van der Waals surface area (Å²) in [4.78, 5) is 0. The van der Waals surface area contributed by atoms with E-state index in [9.17, 15) is 13.2 Å². The SMILES string of the molecule is Fc1cc(-c2ccc(C3CCC(C4CCC(S)CC4)CC3)cc2)cc(F)c1F. The Bertz CT molecular complexity index is 778. The van der Waals surface area contributed by atoms with Gasteiger partial charge in [-0.2, -0.15) is 12.6 Å². The molecule has 0 bridgehead atoms. The average Bonchev–Trinajstić information content (AvgIpc) is 2.72. The molecular weight excluding hydrogens is 377 g/mol. The van der Waals surface area contributed by atoms with E-state index in [1.807, 2.05) is 12.1 Å². The van der Waals surface area contributed by atoms with E-state index in [1.54, 1.807) is 0 Å². The van der Waals surface area contributed by atoms with E-state index in [1.165, 1.54) is 56.9 Å². The second kappa shape index (κ2) is 8.52. The maximum absolute atomic E-state index is 13.5. The van der Waals surface area contributed by atoms with Crippen LogP contribution in [0.5, 0.6) is 0 Å². The lowest BCUT2D eigenvalue weighted by atomic mass is 9.70. The predicted molar refractivity (Wildman–Crippen MR) is 111 cm³/mol. The quantitative estimate of drug-likeness (QED) is 0.397. The highest BCUT2D eigenvalue weighted by Gasteiger charge is 2.30. The lowest BCUT2D eigenvalue weighted by molar-refractivity contribution is 0.188. The zero-order valence-electron chi connectivity index (χ0n) is 16.0. The number of hydrogen-bond donors (Lipinski definition) is 1. The van der Waals surface area contributed by atoms with Gasteiger partial charge < -0.3 is 0 Å². The van der Waals surface area contributed by atoms with Crippen LogP contribution in [-0.4, -0.2) is 5.25 Å². The molecule has 4 heteroatoms. The Morgan fingerprint density at radius 2 is 1.14 bits per heavy atom. The zero-order valence-corrected chi connectivity index (χ0v) is 16.9. The fraction of sp³-hybridized carbons (Fsp3) is 0.500. The zero-order chi connectivity index (χ0) is 19.7. The largest absolute Gasteiger partial charge is 0.204 e. The van der Waals surface area contributed by atoms with Crippen LogP contribution >= 0.6 is 12.6 Å². The Labute approximate surface area is 171 Å². The van der Waals surface area contributed by atoms with Gasteiger partial charge >= 0.3 is 0 Å². The summed E-state index contributed by atoms with van der Waals surface area (Å²) in [6, 6.07) is 10.0. The molecule has 0 unspecified atom stereocenters. The predicted octanol–water partition coefficient (Wildman–Crippen LogP) is 7.53. The van der Waals surface area contributed by atoms with Gasteiger partial charge in [-0.15, -0.1) is 0 Å². The highest BCUT2D eigenvalue weighted by molar-refractivity contribution is 7.80. The van der Waals surface area contributed by atoms with Crippen molar-refractivity contribution in [2.24, 2.45) is 11.8 Å². The van der Waals surface area contributed by atoms with Crippen molar-refractivity contribution in [3.8, 4) is 11.1 Å². The average molecular weight is 405 g/mol. The van der Waals surface area contributed by atoms with Gasteiger partial charge in [-0.25, -0.2) is 13.2 Å². The van der Waals surface area contributed by atoms with Gasteiger partial charge in [0.15, 0.2) is 17.5 Å². The maximum atomic E-state index is 13.5. The van der Waals surface area contributed by atoms with Gasteiger partial charge in [0.25, 0.3) is 0 Å². The van der Waals surface area contributed by atoms with Gasteiger partial charge in [-0.1, -0.05) is 24.3 Å². The molecule has 28 heavy (non-hydrogen) atoms. The van der Waals surface area contributed by atoms with Crippen LogP contribution in [-0.2, 0) is 0 Å². The van der Waals surface area contributed by atoms with Gasteiger partial charge in [-0.3, -0.25) is 0 Å². The summed E-state index contributed by atoms with van der Waals surface area (Å²) < 4.78 is 40.1. The number of hydrogen-bond acceptors (Lipinski definition) is 1. The smallest absolute Gasteiger partial charge is 0.194 e. The van der Waals surface area contributed by atoms with Gasteiger partial charge in [0.2, 0.25) is 0 Å². The number of thiol groups is 1. The van der Waals surface area contributed by atoms with Gasteiger partial charge in [-0.05, 0) is 97.9 Å². The number of halogens is 3. The molecule has 0 heterocycles. The van der Waals surface area contributed by atoms with Gasteiger partial charge in [0, 0.05) is 5.25 Å². The second-order valence-electron chi connectivity index (χ2n) is 8.56. The highest BCUT2D eigenvalue weighted by Crippen LogP contribution is 2.43. The van der Waals surface area contributed by atoms with Crippen molar-refractivity contribution in [1.82, 2.24) is 0 Å². The Hall–Kier alpha value is -1.42. The molecule has 2 aromatic rings. The first-order chi connectivity index (χ1) is 13.5. The van der Waals surface area contributed by atoms with Crippen LogP contribution in [0.3, 0.4) is 0 Å². The van der Waals surface area contributed by atoms with Crippen molar-refractivity contribution in [3.63, 3.8) is 0 Å². The van der Waals surface area contributed by atoms with E-state index >= 15 is 0 Å². The minimum Gasteiger partial charge on any atom is -0.204 e. The molecule has 2 aliphatic rings. The van der Waals surface area contributed by atoms with E-state index in [0.29, 0.717) is 22.3 Å². The summed E-state index contributed by atoms with van der Waals surface area (Å²) >= 11 is 4.62.